The van der Waals surface area contributed by atoms with Gasteiger partial charge in [0.15, 0.2) is 5.82 Å². The summed E-state index contributed by atoms with van der Waals surface area (Å²) < 4.78 is 29.1. The minimum absolute atomic E-state index is 0.102. The Balaban J connectivity index is 2.09. The van der Waals surface area contributed by atoms with Crippen LogP contribution < -0.4 is 5.73 Å². The number of nitrogens with zero attached hydrogens (tertiary/aromatic N) is 2. The second kappa shape index (κ2) is 4.91. The van der Waals surface area contributed by atoms with Crippen LogP contribution in [0.4, 0.5) is 14.7 Å². The highest BCUT2D eigenvalue weighted by Gasteiger charge is 2.34. The van der Waals surface area contributed by atoms with E-state index in [1.807, 2.05) is 11.8 Å². The first-order chi connectivity index (χ1) is 9.54. The second-order valence-corrected chi connectivity index (χ2v) is 6.68. The number of rotatable bonds is 3. The fourth-order valence-corrected chi connectivity index (χ4v) is 4.02. The van der Waals surface area contributed by atoms with Crippen LogP contribution in [0, 0.1) is 11.6 Å². The molecular weight excluding hydrogens is 280 g/mol. The van der Waals surface area contributed by atoms with E-state index in [0.717, 1.165) is 18.9 Å². The Morgan fingerprint density at radius 3 is 2.70 bits per heavy atom. The molecule has 2 N–H and O–H groups in total. The Hall–Kier alpha value is -1.30. The smallest absolute Gasteiger partial charge is 0.201 e. The number of imidazole rings is 1. The molecule has 0 saturated heterocycles. The number of thioether (sulfide) groups is 1. The van der Waals surface area contributed by atoms with Crippen LogP contribution in [0.2, 0.25) is 0 Å². The van der Waals surface area contributed by atoms with Crippen LogP contribution in [0.1, 0.15) is 25.7 Å². The molecule has 1 saturated carbocycles. The summed E-state index contributed by atoms with van der Waals surface area (Å²) in [5.41, 5.74) is 6.51. The zero-order valence-electron chi connectivity index (χ0n) is 11.3. The van der Waals surface area contributed by atoms with E-state index in [-0.39, 0.29) is 16.2 Å². The first kappa shape index (κ1) is 13.7. The molecule has 1 fully saturated rings. The molecule has 0 radical (unpaired) electrons. The van der Waals surface area contributed by atoms with Gasteiger partial charge >= 0.3 is 0 Å². The van der Waals surface area contributed by atoms with E-state index < -0.39 is 11.6 Å². The molecule has 0 spiro atoms. The molecule has 3 nitrogen and oxygen atoms in total. The summed E-state index contributed by atoms with van der Waals surface area (Å²) >= 11 is 1.81. The number of fused-ring (bicyclic) bond motifs is 1. The van der Waals surface area contributed by atoms with Gasteiger partial charge in [-0.3, -0.25) is 0 Å². The molecule has 3 rings (SSSR count). The van der Waals surface area contributed by atoms with Gasteiger partial charge in [0.2, 0.25) is 5.95 Å². The molecule has 6 heteroatoms. The number of aromatic nitrogens is 2. The maximum absolute atomic E-state index is 13.8. The van der Waals surface area contributed by atoms with E-state index in [2.05, 4.69) is 11.2 Å². The van der Waals surface area contributed by atoms with Gasteiger partial charge in [0.05, 0.1) is 5.52 Å². The van der Waals surface area contributed by atoms with Gasteiger partial charge in [-0.25, -0.2) is 13.8 Å². The number of halogens is 2. The molecule has 0 amide bonds. The van der Waals surface area contributed by atoms with Crippen molar-refractivity contribution in [3.05, 3.63) is 23.8 Å². The van der Waals surface area contributed by atoms with Crippen molar-refractivity contribution >= 4 is 28.7 Å². The van der Waals surface area contributed by atoms with E-state index in [0.29, 0.717) is 12.1 Å². The maximum Gasteiger partial charge on any atom is 0.201 e. The van der Waals surface area contributed by atoms with Gasteiger partial charge in [-0.05, 0) is 19.1 Å². The Labute approximate surface area is 120 Å². The van der Waals surface area contributed by atoms with Gasteiger partial charge < -0.3 is 10.3 Å². The third-order valence-electron chi connectivity index (χ3n) is 4.20. The molecule has 1 heterocycles. The van der Waals surface area contributed by atoms with Crippen molar-refractivity contribution in [2.24, 2.45) is 0 Å². The van der Waals surface area contributed by atoms with E-state index >= 15 is 0 Å². The van der Waals surface area contributed by atoms with Crippen LogP contribution >= 0.6 is 11.8 Å². The van der Waals surface area contributed by atoms with E-state index in [1.165, 1.54) is 18.9 Å². The minimum Gasteiger partial charge on any atom is -0.369 e. The lowest BCUT2D eigenvalue weighted by molar-refractivity contribution is 0.517. The standard InChI is InChI=1S/C14H17F2N3S/c1-20-14(4-2-3-5-14)8-19-11-7-9(15)6-10(16)12(11)18-13(19)17/h6-7H,2-5,8H2,1H3,(H2,17,18). The normalized spacial score (nSPS) is 17.9. The van der Waals surface area contributed by atoms with Crippen LogP contribution in [-0.4, -0.2) is 20.6 Å². The number of benzene rings is 1. The van der Waals surface area contributed by atoms with E-state index in [1.54, 1.807) is 4.57 Å². The molecule has 1 aliphatic rings. The summed E-state index contributed by atoms with van der Waals surface area (Å²) in [6, 6.07) is 2.16. The third-order valence-corrected chi connectivity index (χ3v) is 5.60. The molecule has 0 atom stereocenters. The van der Waals surface area contributed by atoms with Gasteiger partial charge in [-0.15, -0.1) is 0 Å². The molecule has 0 unspecified atom stereocenters. The molecule has 0 aliphatic heterocycles. The van der Waals surface area contributed by atoms with Gasteiger partial charge in [0, 0.05) is 23.4 Å². The molecule has 108 valence electrons. The Morgan fingerprint density at radius 1 is 1.35 bits per heavy atom. The van der Waals surface area contributed by atoms with Crippen LogP contribution in [0.3, 0.4) is 0 Å². The predicted octanol–water partition coefficient (Wildman–Crippen LogP) is 3.57. The summed E-state index contributed by atoms with van der Waals surface area (Å²) in [6.45, 7) is 0.652. The number of hydrogen-bond acceptors (Lipinski definition) is 3. The monoisotopic (exact) mass is 297 g/mol. The molecular formula is C14H17F2N3S. The fourth-order valence-electron chi connectivity index (χ4n) is 3.07. The maximum atomic E-state index is 13.8. The minimum atomic E-state index is -0.657. The van der Waals surface area contributed by atoms with Crippen molar-refractivity contribution in [1.29, 1.82) is 0 Å². The number of anilines is 1. The average Bonchev–Trinajstić information content (AvgIpc) is 2.98. The van der Waals surface area contributed by atoms with Crippen LogP contribution in [0.5, 0.6) is 0 Å². The second-order valence-electron chi connectivity index (χ2n) is 5.41. The highest BCUT2D eigenvalue weighted by molar-refractivity contribution is 8.00. The van der Waals surface area contributed by atoms with Gasteiger partial charge in [-0.2, -0.15) is 11.8 Å². The molecule has 1 aromatic heterocycles. The van der Waals surface area contributed by atoms with Gasteiger partial charge in [0.1, 0.15) is 11.3 Å². The third kappa shape index (κ3) is 2.16. The lowest BCUT2D eigenvalue weighted by Gasteiger charge is -2.27. The fraction of sp³-hybridized carbons (Fsp3) is 0.500. The molecule has 1 aromatic carbocycles. The van der Waals surface area contributed by atoms with Gasteiger partial charge in [-0.1, -0.05) is 12.8 Å². The highest BCUT2D eigenvalue weighted by atomic mass is 32.2. The van der Waals surface area contributed by atoms with Crippen LogP contribution in [-0.2, 0) is 6.54 Å². The predicted molar refractivity (Wildman–Crippen MR) is 78.8 cm³/mol. The van der Waals surface area contributed by atoms with Crippen molar-refractivity contribution in [2.45, 2.75) is 37.0 Å². The lowest BCUT2D eigenvalue weighted by Crippen LogP contribution is -2.27. The first-order valence-electron chi connectivity index (χ1n) is 6.71. The van der Waals surface area contributed by atoms with Crippen molar-refractivity contribution in [2.75, 3.05) is 12.0 Å². The Morgan fingerprint density at radius 2 is 2.05 bits per heavy atom. The Bertz CT molecular complexity index is 647. The summed E-state index contributed by atoms with van der Waals surface area (Å²) in [6.07, 6.45) is 6.67. The summed E-state index contributed by atoms with van der Waals surface area (Å²) in [4.78, 5) is 4.05. The topological polar surface area (TPSA) is 43.8 Å². The number of hydrogen-bond donors (Lipinski definition) is 1. The lowest BCUT2D eigenvalue weighted by atomic mass is 10.1. The molecule has 20 heavy (non-hydrogen) atoms. The zero-order chi connectivity index (χ0) is 14.3. The summed E-state index contributed by atoms with van der Waals surface area (Å²) in [7, 11) is 0. The quantitative estimate of drug-likeness (QED) is 0.942. The first-order valence-corrected chi connectivity index (χ1v) is 7.93. The number of nitrogen functional groups attached to an aromatic ring is 1. The molecule has 2 aromatic rings. The van der Waals surface area contributed by atoms with Crippen molar-refractivity contribution in [3.8, 4) is 0 Å². The zero-order valence-corrected chi connectivity index (χ0v) is 12.1. The van der Waals surface area contributed by atoms with Crippen molar-refractivity contribution in [3.63, 3.8) is 0 Å². The average molecular weight is 297 g/mol. The highest BCUT2D eigenvalue weighted by Crippen LogP contribution is 2.42. The largest absolute Gasteiger partial charge is 0.369 e. The van der Waals surface area contributed by atoms with Crippen molar-refractivity contribution in [1.82, 2.24) is 9.55 Å². The van der Waals surface area contributed by atoms with E-state index in [4.69, 9.17) is 5.73 Å². The summed E-state index contributed by atoms with van der Waals surface area (Å²) in [5.74, 6) is -0.999. The SMILES string of the molecule is CSC1(Cn2c(N)nc3c(F)cc(F)cc32)CCCC1. The Kier molecular flexibility index (Phi) is 3.36. The molecule has 0 bridgehead atoms. The summed E-state index contributed by atoms with van der Waals surface area (Å²) in [5, 5.41) is 0. The van der Waals surface area contributed by atoms with Crippen LogP contribution in [0.15, 0.2) is 12.1 Å². The van der Waals surface area contributed by atoms with Crippen molar-refractivity contribution < 1.29 is 8.78 Å². The van der Waals surface area contributed by atoms with Gasteiger partial charge in [0.25, 0.3) is 0 Å². The van der Waals surface area contributed by atoms with Crippen LogP contribution in [0.25, 0.3) is 11.0 Å². The molecule has 1 aliphatic carbocycles. The number of nitrogens with two attached hydrogens (primary N) is 1. The van der Waals surface area contributed by atoms with E-state index in [9.17, 15) is 8.78 Å².